The summed E-state index contributed by atoms with van der Waals surface area (Å²) in [7, 11) is 7.60. The summed E-state index contributed by atoms with van der Waals surface area (Å²) in [4.78, 5) is 0. The molecular formula is C6H17N2OP. The zero-order chi connectivity index (χ0) is 8.15. The molecule has 0 aromatic rings. The second kappa shape index (κ2) is 5.03. The molecule has 0 atom stereocenters. The lowest BCUT2D eigenvalue weighted by Gasteiger charge is -2.27. The van der Waals surface area contributed by atoms with Crippen molar-refractivity contribution in [2.24, 2.45) is 0 Å². The summed E-state index contributed by atoms with van der Waals surface area (Å²) in [5.41, 5.74) is 0. The van der Waals surface area contributed by atoms with Crippen LogP contribution in [0.1, 0.15) is 6.92 Å². The summed E-state index contributed by atoms with van der Waals surface area (Å²) in [6, 6.07) is 0. The fraction of sp³-hybridized carbons (Fsp3) is 1.00. The largest absolute Gasteiger partial charge is 0.332 e. The highest BCUT2D eigenvalue weighted by Gasteiger charge is 2.13. The van der Waals surface area contributed by atoms with Crippen LogP contribution in [0.2, 0.25) is 0 Å². The Morgan fingerprint density at radius 2 is 1.50 bits per heavy atom. The number of nitrogens with zero attached hydrogens (tertiary/aromatic N) is 2. The van der Waals surface area contributed by atoms with Gasteiger partial charge in [-0.05, 0) is 35.1 Å². The van der Waals surface area contributed by atoms with Crippen LogP contribution in [0.5, 0.6) is 0 Å². The van der Waals surface area contributed by atoms with Gasteiger partial charge in [0.05, 0.1) is 6.61 Å². The van der Waals surface area contributed by atoms with Gasteiger partial charge in [0.1, 0.15) is 0 Å². The lowest BCUT2D eigenvalue weighted by atomic mass is 10.9. The smallest absolute Gasteiger partial charge is 0.186 e. The SMILES string of the molecule is CCOP(N(C)C)N(C)C. The van der Waals surface area contributed by atoms with Crippen molar-refractivity contribution in [2.75, 3.05) is 34.8 Å². The van der Waals surface area contributed by atoms with Crippen LogP contribution in [0, 0.1) is 0 Å². The molecular weight excluding hydrogens is 147 g/mol. The Labute approximate surface area is 64.9 Å². The van der Waals surface area contributed by atoms with Crippen LogP contribution in [0.15, 0.2) is 0 Å². The van der Waals surface area contributed by atoms with Gasteiger partial charge in [0.15, 0.2) is 8.45 Å². The lowest BCUT2D eigenvalue weighted by molar-refractivity contribution is 0.315. The molecule has 0 rings (SSSR count). The fourth-order valence-electron chi connectivity index (χ4n) is 0.704. The van der Waals surface area contributed by atoms with Crippen molar-refractivity contribution in [1.29, 1.82) is 0 Å². The minimum absolute atomic E-state index is 0.512. The zero-order valence-electron chi connectivity index (χ0n) is 7.46. The minimum Gasteiger partial charge on any atom is -0.332 e. The van der Waals surface area contributed by atoms with Gasteiger partial charge in [-0.25, -0.2) is 0 Å². The van der Waals surface area contributed by atoms with Crippen LogP contribution in [0.4, 0.5) is 0 Å². The Bertz CT molecular complexity index is 79.8. The molecule has 10 heavy (non-hydrogen) atoms. The summed E-state index contributed by atoms with van der Waals surface area (Å²) in [6.45, 7) is 2.80. The molecule has 0 amide bonds. The van der Waals surface area contributed by atoms with E-state index >= 15 is 0 Å². The Morgan fingerprint density at radius 1 is 1.10 bits per heavy atom. The van der Waals surface area contributed by atoms with Crippen LogP contribution in [-0.4, -0.2) is 44.1 Å². The molecule has 0 aliphatic carbocycles. The maximum Gasteiger partial charge on any atom is 0.186 e. The van der Waals surface area contributed by atoms with Crippen LogP contribution in [0.25, 0.3) is 0 Å². The van der Waals surface area contributed by atoms with Crippen molar-refractivity contribution in [1.82, 2.24) is 9.34 Å². The number of rotatable bonds is 4. The molecule has 62 valence electrons. The van der Waals surface area contributed by atoms with Gasteiger partial charge in [-0.3, -0.25) is 9.34 Å². The van der Waals surface area contributed by atoms with Gasteiger partial charge in [0.2, 0.25) is 0 Å². The summed E-state index contributed by atoms with van der Waals surface area (Å²) in [5, 5.41) is 0. The first kappa shape index (κ1) is 10.3. The van der Waals surface area contributed by atoms with E-state index in [2.05, 4.69) is 9.34 Å². The van der Waals surface area contributed by atoms with E-state index in [1.807, 2.05) is 35.1 Å². The second-order valence-electron chi connectivity index (χ2n) is 2.36. The van der Waals surface area contributed by atoms with E-state index in [-0.39, 0.29) is 0 Å². The first-order valence-electron chi connectivity index (χ1n) is 3.37. The predicted octanol–water partition coefficient (Wildman–Crippen LogP) is 1.37. The van der Waals surface area contributed by atoms with Gasteiger partial charge in [0, 0.05) is 0 Å². The van der Waals surface area contributed by atoms with Crippen molar-refractivity contribution in [3.63, 3.8) is 0 Å². The highest BCUT2D eigenvalue weighted by atomic mass is 31.2. The highest BCUT2D eigenvalue weighted by molar-refractivity contribution is 7.47. The quantitative estimate of drug-likeness (QED) is 0.584. The molecule has 0 N–H and O–H groups in total. The molecule has 0 aromatic heterocycles. The molecule has 4 heteroatoms. The fourth-order valence-corrected chi connectivity index (χ4v) is 2.11. The minimum atomic E-state index is -0.512. The summed E-state index contributed by atoms with van der Waals surface area (Å²) in [6.07, 6.45) is 0. The third kappa shape index (κ3) is 3.47. The standard InChI is InChI=1S/C6H17N2OP/c1-6-9-10(7(2)3)8(4)5/h6H2,1-5H3. The molecule has 0 saturated heterocycles. The van der Waals surface area contributed by atoms with Crippen LogP contribution in [0.3, 0.4) is 0 Å². The summed E-state index contributed by atoms with van der Waals surface area (Å²) < 4.78 is 9.67. The Kier molecular flexibility index (Phi) is 5.18. The average molecular weight is 164 g/mol. The number of hydrogen-bond acceptors (Lipinski definition) is 3. The molecule has 0 spiro atoms. The predicted molar refractivity (Wildman–Crippen MR) is 45.9 cm³/mol. The van der Waals surface area contributed by atoms with Crippen molar-refractivity contribution in [2.45, 2.75) is 6.92 Å². The van der Waals surface area contributed by atoms with E-state index in [4.69, 9.17) is 4.52 Å². The van der Waals surface area contributed by atoms with Gasteiger partial charge >= 0.3 is 0 Å². The molecule has 0 heterocycles. The Balaban J connectivity index is 3.73. The van der Waals surface area contributed by atoms with Crippen molar-refractivity contribution >= 4 is 8.45 Å². The molecule has 0 bridgehead atoms. The molecule has 0 radical (unpaired) electrons. The Hall–Kier alpha value is 0.310. The normalized spacial score (nSPS) is 12.0. The summed E-state index contributed by atoms with van der Waals surface area (Å²) in [5.74, 6) is 0. The van der Waals surface area contributed by atoms with Gasteiger partial charge < -0.3 is 4.52 Å². The van der Waals surface area contributed by atoms with Gasteiger partial charge in [-0.15, -0.1) is 0 Å². The molecule has 0 fully saturated rings. The zero-order valence-corrected chi connectivity index (χ0v) is 8.35. The van der Waals surface area contributed by atoms with E-state index in [1.54, 1.807) is 0 Å². The molecule has 3 nitrogen and oxygen atoms in total. The van der Waals surface area contributed by atoms with Crippen molar-refractivity contribution < 1.29 is 4.52 Å². The van der Waals surface area contributed by atoms with E-state index in [0.29, 0.717) is 0 Å². The highest BCUT2D eigenvalue weighted by Crippen LogP contribution is 2.40. The Morgan fingerprint density at radius 3 is 1.60 bits per heavy atom. The van der Waals surface area contributed by atoms with Crippen LogP contribution in [-0.2, 0) is 4.52 Å². The summed E-state index contributed by atoms with van der Waals surface area (Å²) >= 11 is 0. The van der Waals surface area contributed by atoms with E-state index in [1.165, 1.54) is 0 Å². The van der Waals surface area contributed by atoms with Gasteiger partial charge in [0.25, 0.3) is 0 Å². The first-order valence-corrected chi connectivity index (χ1v) is 4.53. The average Bonchev–Trinajstić information content (AvgIpc) is 1.81. The monoisotopic (exact) mass is 164 g/mol. The first-order chi connectivity index (χ1) is 4.59. The molecule has 0 unspecified atom stereocenters. The second-order valence-corrected chi connectivity index (χ2v) is 4.73. The van der Waals surface area contributed by atoms with Crippen LogP contribution < -0.4 is 0 Å². The van der Waals surface area contributed by atoms with E-state index in [9.17, 15) is 0 Å². The molecule has 0 saturated carbocycles. The molecule has 0 aliphatic rings. The van der Waals surface area contributed by atoms with Crippen LogP contribution >= 0.6 is 8.45 Å². The molecule has 0 aliphatic heterocycles. The van der Waals surface area contributed by atoms with Gasteiger partial charge in [-0.2, -0.15) is 0 Å². The third-order valence-electron chi connectivity index (χ3n) is 0.929. The third-order valence-corrected chi connectivity index (χ3v) is 2.79. The van der Waals surface area contributed by atoms with Gasteiger partial charge in [-0.1, -0.05) is 0 Å². The van der Waals surface area contributed by atoms with E-state index < -0.39 is 8.45 Å². The molecule has 0 aromatic carbocycles. The maximum atomic E-state index is 5.48. The van der Waals surface area contributed by atoms with Crippen molar-refractivity contribution in [3.8, 4) is 0 Å². The number of hydrogen-bond donors (Lipinski definition) is 0. The van der Waals surface area contributed by atoms with E-state index in [0.717, 1.165) is 6.61 Å². The maximum absolute atomic E-state index is 5.48. The topological polar surface area (TPSA) is 15.7 Å². The van der Waals surface area contributed by atoms with Crippen molar-refractivity contribution in [3.05, 3.63) is 0 Å². The lowest BCUT2D eigenvalue weighted by Crippen LogP contribution is -2.18.